The number of carbonyl (C=O) groups is 2. The molecule has 0 fully saturated rings. The number of para-hydroxylation sites is 1. The number of alkyl halides is 3. The lowest BCUT2D eigenvalue weighted by Crippen LogP contribution is -2.35. The van der Waals surface area contributed by atoms with Crippen molar-refractivity contribution in [2.45, 2.75) is 6.18 Å². The van der Waals surface area contributed by atoms with Gasteiger partial charge in [0.25, 0.3) is 5.91 Å². The van der Waals surface area contributed by atoms with Crippen LogP contribution in [0.3, 0.4) is 0 Å². The Morgan fingerprint density at radius 3 is 2.36 bits per heavy atom. The Labute approximate surface area is 141 Å². The maximum atomic E-state index is 12.6. The number of amides is 2. The standard InChI is InChI=1S/C17H15F3N2O3/c18-17(19,20)12-5-4-6-13(9-12)22-15(23)10-21-16(24)11-25-14-7-2-1-3-8-14/h1-9H,10-11H2,(H,21,24)(H,22,23). The van der Waals surface area contributed by atoms with Crippen LogP contribution in [-0.2, 0) is 15.8 Å². The van der Waals surface area contributed by atoms with Crippen LogP contribution in [0.4, 0.5) is 18.9 Å². The zero-order valence-corrected chi connectivity index (χ0v) is 13.0. The first kappa shape index (κ1) is 18.3. The quantitative estimate of drug-likeness (QED) is 0.840. The summed E-state index contributed by atoms with van der Waals surface area (Å²) in [4.78, 5) is 23.3. The highest BCUT2D eigenvalue weighted by Gasteiger charge is 2.30. The van der Waals surface area contributed by atoms with Gasteiger partial charge in [-0.05, 0) is 30.3 Å². The summed E-state index contributed by atoms with van der Waals surface area (Å²) in [7, 11) is 0. The summed E-state index contributed by atoms with van der Waals surface area (Å²) < 4.78 is 43.0. The molecule has 2 aromatic rings. The van der Waals surface area contributed by atoms with Crippen LogP contribution >= 0.6 is 0 Å². The Kier molecular flexibility index (Phi) is 5.99. The van der Waals surface area contributed by atoms with Crippen LogP contribution in [0.15, 0.2) is 54.6 Å². The van der Waals surface area contributed by atoms with Gasteiger partial charge in [0, 0.05) is 5.69 Å². The fourth-order valence-electron chi connectivity index (χ4n) is 1.87. The van der Waals surface area contributed by atoms with Crippen LogP contribution in [-0.4, -0.2) is 25.0 Å². The van der Waals surface area contributed by atoms with Crippen molar-refractivity contribution in [3.8, 4) is 5.75 Å². The highest BCUT2D eigenvalue weighted by atomic mass is 19.4. The van der Waals surface area contributed by atoms with Gasteiger partial charge in [0.15, 0.2) is 6.61 Å². The van der Waals surface area contributed by atoms with E-state index in [2.05, 4.69) is 10.6 Å². The Balaban J connectivity index is 1.78. The number of nitrogens with one attached hydrogen (secondary N) is 2. The number of carbonyl (C=O) groups excluding carboxylic acids is 2. The van der Waals surface area contributed by atoms with Crippen molar-refractivity contribution in [1.82, 2.24) is 5.32 Å². The van der Waals surface area contributed by atoms with Crippen molar-refractivity contribution in [1.29, 1.82) is 0 Å². The third-order valence-electron chi connectivity index (χ3n) is 3.03. The van der Waals surface area contributed by atoms with Crippen LogP contribution in [0.25, 0.3) is 0 Å². The molecule has 0 aliphatic carbocycles. The molecule has 0 aliphatic rings. The van der Waals surface area contributed by atoms with Gasteiger partial charge < -0.3 is 15.4 Å². The number of benzene rings is 2. The van der Waals surface area contributed by atoms with Crippen molar-refractivity contribution in [3.05, 3.63) is 60.2 Å². The van der Waals surface area contributed by atoms with Crippen molar-refractivity contribution in [3.63, 3.8) is 0 Å². The van der Waals surface area contributed by atoms with Gasteiger partial charge in [-0.3, -0.25) is 9.59 Å². The smallest absolute Gasteiger partial charge is 0.416 e. The topological polar surface area (TPSA) is 67.4 Å². The van der Waals surface area contributed by atoms with Gasteiger partial charge in [-0.15, -0.1) is 0 Å². The van der Waals surface area contributed by atoms with Gasteiger partial charge in [-0.25, -0.2) is 0 Å². The number of halogens is 3. The first-order valence-corrected chi connectivity index (χ1v) is 7.26. The van der Waals surface area contributed by atoms with E-state index in [1.54, 1.807) is 30.3 Å². The molecular weight excluding hydrogens is 337 g/mol. The minimum atomic E-state index is -4.50. The number of hydrogen-bond acceptors (Lipinski definition) is 3. The molecule has 0 heterocycles. The lowest BCUT2D eigenvalue weighted by molar-refractivity contribution is -0.137. The van der Waals surface area contributed by atoms with Gasteiger partial charge in [0.1, 0.15) is 5.75 Å². The second-order valence-electron chi connectivity index (χ2n) is 5.01. The molecule has 0 saturated carbocycles. The molecule has 2 N–H and O–H groups in total. The second kappa shape index (κ2) is 8.18. The van der Waals surface area contributed by atoms with E-state index < -0.39 is 23.6 Å². The van der Waals surface area contributed by atoms with Gasteiger partial charge in [-0.1, -0.05) is 24.3 Å². The van der Waals surface area contributed by atoms with E-state index in [-0.39, 0.29) is 18.8 Å². The van der Waals surface area contributed by atoms with E-state index in [9.17, 15) is 22.8 Å². The lowest BCUT2D eigenvalue weighted by atomic mass is 10.2. The molecule has 25 heavy (non-hydrogen) atoms. The van der Waals surface area contributed by atoms with Crippen LogP contribution in [0, 0.1) is 0 Å². The van der Waals surface area contributed by atoms with Crippen LogP contribution in [0.2, 0.25) is 0 Å². The molecule has 0 spiro atoms. The molecule has 0 bridgehead atoms. The first-order valence-electron chi connectivity index (χ1n) is 7.26. The van der Waals surface area contributed by atoms with Gasteiger partial charge in [0.2, 0.25) is 5.91 Å². The molecular formula is C17H15F3N2O3. The Bertz CT molecular complexity index is 733. The molecule has 0 aliphatic heterocycles. The van der Waals surface area contributed by atoms with Gasteiger partial charge >= 0.3 is 6.18 Å². The summed E-state index contributed by atoms with van der Waals surface area (Å²) in [6.07, 6.45) is -4.50. The Morgan fingerprint density at radius 1 is 0.960 bits per heavy atom. The zero-order chi connectivity index (χ0) is 18.3. The summed E-state index contributed by atoms with van der Waals surface area (Å²) in [5, 5.41) is 4.61. The fourth-order valence-corrected chi connectivity index (χ4v) is 1.87. The Morgan fingerprint density at radius 2 is 1.68 bits per heavy atom. The highest BCUT2D eigenvalue weighted by Crippen LogP contribution is 2.30. The zero-order valence-electron chi connectivity index (χ0n) is 13.0. The van der Waals surface area contributed by atoms with E-state index in [0.29, 0.717) is 5.75 Å². The summed E-state index contributed by atoms with van der Waals surface area (Å²) in [5.41, 5.74) is -0.875. The van der Waals surface area contributed by atoms with Crippen LogP contribution in [0.5, 0.6) is 5.75 Å². The molecule has 5 nitrogen and oxygen atoms in total. The normalized spacial score (nSPS) is 10.8. The van der Waals surface area contributed by atoms with E-state index in [4.69, 9.17) is 4.74 Å². The SMILES string of the molecule is O=C(COc1ccccc1)NCC(=O)Nc1cccc(C(F)(F)F)c1. The summed E-state index contributed by atoms with van der Waals surface area (Å²) in [5.74, 6) is -0.665. The van der Waals surface area contributed by atoms with Crippen LogP contribution in [0.1, 0.15) is 5.56 Å². The van der Waals surface area contributed by atoms with E-state index in [1.807, 2.05) is 0 Å². The van der Waals surface area contributed by atoms with Gasteiger partial charge in [-0.2, -0.15) is 13.2 Å². The van der Waals surface area contributed by atoms with E-state index >= 15 is 0 Å². The van der Waals surface area contributed by atoms with Gasteiger partial charge in [0.05, 0.1) is 12.1 Å². The third kappa shape index (κ3) is 6.17. The van der Waals surface area contributed by atoms with E-state index in [1.165, 1.54) is 12.1 Å². The molecule has 0 saturated heterocycles. The Hall–Kier alpha value is -3.03. The second-order valence-corrected chi connectivity index (χ2v) is 5.01. The summed E-state index contributed by atoms with van der Waals surface area (Å²) in [6, 6.07) is 12.9. The minimum absolute atomic E-state index is 0.00499. The molecule has 8 heteroatoms. The molecule has 0 aromatic heterocycles. The van der Waals surface area contributed by atoms with Crippen LogP contribution < -0.4 is 15.4 Å². The lowest BCUT2D eigenvalue weighted by Gasteiger charge is -2.10. The average molecular weight is 352 g/mol. The molecule has 0 unspecified atom stereocenters. The fraction of sp³-hybridized carbons (Fsp3) is 0.176. The van der Waals surface area contributed by atoms with Crippen molar-refractivity contribution in [2.24, 2.45) is 0 Å². The summed E-state index contributed by atoms with van der Waals surface area (Å²) in [6.45, 7) is -0.659. The number of rotatable bonds is 6. The predicted octanol–water partition coefficient (Wildman–Crippen LogP) is 2.84. The molecule has 0 atom stereocenters. The average Bonchev–Trinajstić information content (AvgIpc) is 2.58. The number of hydrogen-bond donors (Lipinski definition) is 2. The van der Waals surface area contributed by atoms with Crippen molar-refractivity contribution in [2.75, 3.05) is 18.5 Å². The maximum Gasteiger partial charge on any atom is 0.416 e. The predicted molar refractivity (Wildman–Crippen MR) is 85.0 cm³/mol. The number of ether oxygens (including phenoxy) is 1. The molecule has 2 amide bonds. The largest absolute Gasteiger partial charge is 0.484 e. The third-order valence-corrected chi connectivity index (χ3v) is 3.03. The molecule has 0 radical (unpaired) electrons. The van der Waals surface area contributed by atoms with Crippen molar-refractivity contribution >= 4 is 17.5 Å². The minimum Gasteiger partial charge on any atom is -0.484 e. The monoisotopic (exact) mass is 352 g/mol. The van der Waals surface area contributed by atoms with Crippen molar-refractivity contribution < 1.29 is 27.5 Å². The molecule has 132 valence electrons. The number of anilines is 1. The highest BCUT2D eigenvalue weighted by molar-refractivity contribution is 5.94. The molecule has 2 rings (SSSR count). The molecule has 2 aromatic carbocycles. The summed E-state index contributed by atoms with van der Waals surface area (Å²) >= 11 is 0. The van der Waals surface area contributed by atoms with E-state index in [0.717, 1.165) is 12.1 Å². The first-order chi connectivity index (χ1) is 11.8. The maximum absolute atomic E-state index is 12.6.